The molecule has 44 heavy (non-hydrogen) atoms. The third-order valence-electron chi connectivity index (χ3n) is 7.89. The summed E-state index contributed by atoms with van der Waals surface area (Å²) in [5.74, 6) is -0.536. The van der Waals surface area contributed by atoms with Crippen LogP contribution in [0.5, 0.6) is 0 Å². The van der Waals surface area contributed by atoms with Crippen LogP contribution in [0.3, 0.4) is 0 Å². The number of rotatable bonds is 11. The first-order chi connectivity index (χ1) is 21.0. The van der Waals surface area contributed by atoms with Crippen molar-refractivity contribution in [3.05, 3.63) is 95.2 Å². The Kier molecular flexibility index (Phi) is 9.45. The number of hydrogen-bond acceptors (Lipinski definition) is 8. The number of para-hydroxylation sites is 1. The highest BCUT2D eigenvalue weighted by atomic mass is 32.2. The van der Waals surface area contributed by atoms with Gasteiger partial charge in [0.15, 0.2) is 0 Å². The molecule has 0 spiro atoms. The van der Waals surface area contributed by atoms with Crippen molar-refractivity contribution in [3.8, 4) is 0 Å². The van der Waals surface area contributed by atoms with Crippen molar-refractivity contribution < 1.29 is 30.8 Å². The molecule has 0 bridgehead atoms. The number of aryl methyl sites for hydroxylation is 1. The first kappa shape index (κ1) is 31.7. The first-order valence-electron chi connectivity index (χ1n) is 14.5. The maximum absolute atomic E-state index is 14.3. The zero-order valence-electron chi connectivity index (χ0n) is 25.1. The number of nitrogens with zero attached hydrogens (tertiary/aromatic N) is 3. The second-order valence-corrected chi connectivity index (χ2v) is 14.7. The zero-order chi connectivity index (χ0) is 31.5. The van der Waals surface area contributed by atoms with E-state index in [4.69, 9.17) is 9.15 Å². The van der Waals surface area contributed by atoms with E-state index in [1.807, 2.05) is 54.6 Å². The van der Waals surface area contributed by atoms with E-state index >= 15 is 0 Å². The Hall–Kier alpha value is -3.71. The zero-order valence-corrected chi connectivity index (χ0v) is 26.7. The van der Waals surface area contributed by atoms with Gasteiger partial charge in [-0.15, -0.1) is 0 Å². The van der Waals surface area contributed by atoms with Gasteiger partial charge in [0.05, 0.1) is 17.8 Å². The van der Waals surface area contributed by atoms with Gasteiger partial charge in [0, 0.05) is 55.9 Å². The number of ether oxygens (including phenoxy) is 1. The number of carbonyl (C=O) groups is 1. The molecular weight excluding hydrogens is 603 g/mol. The lowest BCUT2D eigenvalue weighted by Crippen LogP contribution is -2.48. The molecule has 1 saturated heterocycles. The van der Waals surface area contributed by atoms with E-state index in [1.54, 1.807) is 26.0 Å². The molecule has 0 unspecified atom stereocenters. The molecular formula is C32H37N3O7S2. The fourth-order valence-electron chi connectivity index (χ4n) is 5.49. The molecule has 1 aliphatic rings. The Balaban J connectivity index is 1.48. The van der Waals surface area contributed by atoms with Crippen LogP contribution in [0.15, 0.2) is 82.1 Å². The van der Waals surface area contributed by atoms with Crippen LogP contribution in [0.4, 0.5) is 5.69 Å². The number of benzene rings is 3. The van der Waals surface area contributed by atoms with Crippen LogP contribution in [-0.4, -0.2) is 77.0 Å². The summed E-state index contributed by atoms with van der Waals surface area (Å²) < 4.78 is 66.5. The van der Waals surface area contributed by atoms with Crippen molar-refractivity contribution >= 4 is 42.7 Å². The second kappa shape index (κ2) is 13.1. The Morgan fingerprint density at radius 2 is 1.61 bits per heavy atom. The molecule has 2 heterocycles. The monoisotopic (exact) mass is 639 g/mol. The van der Waals surface area contributed by atoms with Gasteiger partial charge in [0.2, 0.25) is 25.8 Å². The molecule has 10 nitrogen and oxygen atoms in total. The molecule has 0 N–H and O–H groups in total. The van der Waals surface area contributed by atoms with Gasteiger partial charge in [-0.3, -0.25) is 0 Å². The number of anilines is 1. The standard InChI is InChI=1S/C32H37N3O7S2/c1-4-41-32(36)31-24(2)28-22-27(14-15-30(28)42-31)44(39,40)35(17-16-25-10-6-5-7-11-25)23-26-12-8-9-13-29(26)33-18-20-34(21-19-33)43(3,37)38/h5-15,22H,4,16-21,23H2,1-3H3. The molecule has 0 amide bonds. The summed E-state index contributed by atoms with van der Waals surface area (Å²) in [5.41, 5.74) is 3.63. The Labute approximate surface area is 258 Å². The number of fused-ring (bicyclic) bond motifs is 1. The molecule has 5 rings (SSSR count). The molecule has 12 heteroatoms. The predicted octanol–water partition coefficient (Wildman–Crippen LogP) is 4.43. The van der Waals surface area contributed by atoms with Crippen LogP contribution in [-0.2, 0) is 37.7 Å². The molecule has 234 valence electrons. The topological polar surface area (TPSA) is 117 Å². The van der Waals surface area contributed by atoms with E-state index in [1.165, 1.54) is 20.9 Å². The number of hydrogen-bond donors (Lipinski definition) is 0. The van der Waals surface area contributed by atoms with Gasteiger partial charge in [-0.05, 0) is 55.7 Å². The summed E-state index contributed by atoms with van der Waals surface area (Å²) in [6, 6.07) is 22.0. The largest absolute Gasteiger partial charge is 0.460 e. The third kappa shape index (κ3) is 6.83. The lowest BCUT2D eigenvalue weighted by atomic mass is 10.1. The van der Waals surface area contributed by atoms with Crippen LogP contribution in [0.1, 0.15) is 34.2 Å². The second-order valence-electron chi connectivity index (χ2n) is 10.8. The van der Waals surface area contributed by atoms with Crippen LogP contribution in [0.2, 0.25) is 0 Å². The van der Waals surface area contributed by atoms with E-state index in [2.05, 4.69) is 4.90 Å². The van der Waals surface area contributed by atoms with E-state index in [0.29, 0.717) is 49.1 Å². The Morgan fingerprint density at radius 3 is 2.30 bits per heavy atom. The minimum absolute atomic E-state index is 0.0576. The molecule has 0 saturated carbocycles. The summed E-state index contributed by atoms with van der Waals surface area (Å²) in [6.45, 7) is 5.69. The van der Waals surface area contributed by atoms with Gasteiger partial charge < -0.3 is 14.1 Å². The summed E-state index contributed by atoms with van der Waals surface area (Å²) >= 11 is 0. The number of esters is 1. The fraction of sp³-hybridized carbons (Fsp3) is 0.344. The van der Waals surface area contributed by atoms with Gasteiger partial charge in [-0.1, -0.05) is 48.5 Å². The van der Waals surface area contributed by atoms with E-state index in [0.717, 1.165) is 16.8 Å². The van der Waals surface area contributed by atoms with Gasteiger partial charge in [-0.25, -0.2) is 21.6 Å². The van der Waals surface area contributed by atoms with Gasteiger partial charge in [0.1, 0.15) is 5.58 Å². The minimum Gasteiger partial charge on any atom is -0.460 e. The summed E-state index contributed by atoms with van der Waals surface area (Å²) in [6.07, 6.45) is 1.72. The quantitative estimate of drug-likeness (QED) is 0.221. The predicted molar refractivity (Wildman–Crippen MR) is 170 cm³/mol. The molecule has 1 fully saturated rings. The molecule has 1 aliphatic heterocycles. The number of sulfonamides is 2. The van der Waals surface area contributed by atoms with Crippen molar-refractivity contribution in [2.45, 2.75) is 31.7 Å². The fourth-order valence-corrected chi connectivity index (χ4v) is 7.76. The van der Waals surface area contributed by atoms with Gasteiger partial charge >= 0.3 is 5.97 Å². The highest BCUT2D eigenvalue weighted by Gasteiger charge is 2.29. The summed E-state index contributed by atoms with van der Waals surface area (Å²) in [5, 5.41) is 0.529. The molecule has 0 aliphatic carbocycles. The summed E-state index contributed by atoms with van der Waals surface area (Å²) in [4.78, 5) is 14.6. The SMILES string of the molecule is CCOC(=O)c1oc2ccc(S(=O)(=O)N(CCc3ccccc3)Cc3ccccc3N3CCN(S(C)(=O)=O)CC3)cc2c1C. The number of piperazine rings is 1. The number of furan rings is 1. The van der Waals surface area contributed by atoms with Gasteiger partial charge in [0.25, 0.3) is 0 Å². The van der Waals surface area contributed by atoms with E-state index in [-0.39, 0.29) is 30.4 Å². The number of carbonyl (C=O) groups excluding carboxylic acids is 1. The highest BCUT2D eigenvalue weighted by molar-refractivity contribution is 7.89. The van der Waals surface area contributed by atoms with E-state index in [9.17, 15) is 21.6 Å². The molecule has 0 atom stereocenters. The van der Waals surface area contributed by atoms with Crippen molar-refractivity contribution in [3.63, 3.8) is 0 Å². The normalized spacial score (nSPS) is 14.8. The third-order valence-corrected chi connectivity index (χ3v) is 11.0. The average molecular weight is 640 g/mol. The van der Waals surface area contributed by atoms with Crippen LogP contribution in [0.25, 0.3) is 11.0 Å². The smallest absolute Gasteiger partial charge is 0.374 e. The highest BCUT2D eigenvalue weighted by Crippen LogP contribution is 2.31. The molecule has 1 aromatic heterocycles. The molecule has 0 radical (unpaired) electrons. The first-order valence-corrected chi connectivity index (χ1v) is 17.8. The Morgan fingerprint density at radius 1 is 0.932 bits per heavy atom. The van der Waals surface area contributed by atoms with Crippen molar-refractivity contribution in [2.75, 3.05) is 50.5 Å². The lowest BCUT2D eigenvalue weighted by Gasteiger charge is -2.36. The van der Waals surface area contributed by atoms with Crippen molar-refractivity contribution in [1.82, 2.24) is 8.61 Å². The Bertz CT molecular complexity index is 1850. The minimum atomic E-state index is -4.01. The van der Waals surface area contributed by atoms with Crippen LogP contribution < -0.4 is 4.90 Å². The van der Waals surface area contributed by atoms with Crippen molar-refractivity contribution in [2.24, 2.45) is 0 Å². The van der Waals surface area contributed by atoms with Crippen LogP contribution >= 0.6 is 0 Å². The maximum Gasteiger partial charge on any atom is 0.374 e. The van der Waals surface area contributed by atoms with Crippen molar-refractivity contribution in [1.29, 1.82) is 0 Å². The van der Waals surface area contributed by atoms with Gasteiger partial charge in [-0.2, -0.15) is 8.61 Å². The van der Waals surface area contributed by atoms with Crippen LogP contribution in [0, 0.1) is 6.92 Å². The lowest BCUT2D eigenvalue weighted by molar-refractivity contribution is 0.0491. The van der Waals surface area contributed by atoms with E-state index < -0.39 is 26.0 Å². The average Bonchev–Trinajstić information content (AvgIpc) is 3.35. The molecule has 4 aromatic rings. The summed E-state index contributed by atoms with van der Waals surface area (Å²) in [7, 11) is -7.29. The molecule has 3 aromatic carbocycles. The maximum atomic E-state index is 14.3.